The second-order valence-corrected chi connectivity index (χ2v) is 7.31. The number of carbonyl (C=O) groups is 1. The molecule has 0 unspecified atom stereocenters. The van der Waals surface area contributed by atoms with Gasteiger partial charge in [-0.1, -0.05) is 66.4 Å². The predicted octanol–water partition coefficient (Wildman–Crippen LogP) is 4.56. The van der Waals surface area contributed by atoms with Crippen molar-refractivity contribution in [3.05, 3.63) is 94.8 Å². The summed E-state index contributed by atoms with van der Waals surface area (Å²) in [6, 6.07) is 20.8. The summed E-state index contributed by atoms with van der Waals surface area (Å²) in [5, 5.41) is 2.72. The average molecular weight is 414 g/mol. The Morgan fingerprint density at radius 3 is 2.39 bits per heavy atom. The molecule has 0 aromatic heterocycles. The Hall–Kier alpha value is -3.62. The van der Waals surface area contributed by atoms with E-state index in [0.29, 0.717) is 25.1 Å². The zero-order valence-corrected chi connectivity index (χ0v) is 17.0. The molecule has 0 radical (unpaired) electrons. The summed E-state index contributed by atoms with van der Waals surface area (Å²) in [5.41, 5.74) is 11.7. The van der Waals surface area contributed by atoms with E-state index in [1.54, 1.807) is 6.07 Å². The molecule has 1 aliphatic carbocycles. The smallest absolute Gasteiger partial charge is 0.407 e. The summed E-state index contributed by atoms with van der Waals surface area (Å²) in [6.45, 7) is 0.911. The highest BCUT2D eigenvalue weighted by Crippen LogP contribution is 2.44. The lowest BCUT2D eigenvalue weighted by Gasteiger charge is -2.14. The minimum Gasteiger partial charge on any atom is -0.449 e. The molecule has 0 saturated heterocycles. The normalized spacial score (nSPS) is 11.8. The van der Waals surface area contributed by atoms with Gasteiger partial charge in [0.15, 0.2) is 0 Å². The molecule has 1 amide bonds. The van der Waals surface area contributed by atoms with Crippen molar-refractivity contribution in [3.63, 3.8) is 0 Å². The van der Waals surface area contributed by atoms with Gasteiger partial charge in [-0.05, 0) is 39.9 Å². The number of ether oxygens (including phenoxy) is 1. The van der Waals surface area contributed by atoms with E-state index in [9.17, 15) is 9.18 Å². The summed E-state index contributed by atoms with van der Waals surface area (Å²) >= 11 is 0. The summed E-state index contributed by atoms with van der Waals surface area (Å²) < 4.78 is 18.9. The van der Waals surface area contributed by atoms with E-state index in [4.69, 9.17) is 10.5 Å². The highest BCUT2D eigenvalue weighted by Gasteiger charge is 2.28. The van der Waals surface area contributed by atoms with Gasteiger partial charge in [-0.25, -0.2) is 9.18 Å². The van der Waals surface area contributed by atoms with Crippen LogP contribution in [-0.2, 0) is 11.3 Å². The van der Waals surface area contributed by atoms with Crippen molar-refractivity contribution in [1.29, 1.82) is 0 Å². The highest BCUT2D eigenvalue weighted by molar-refractivity contribution is 5.79. The first-order valence-corrected chi connectivity index (χ1v) is 10.2. The van der Waals surface area contributed by atoms with E-state index in [1.165, 1.54) is 34.4 Å². The standard InChI is InChI=1S/C26H23FN2O2/c27-20-13-12-19(16-28)18(15-20)7-5-6-14-29-26(30)31-17-25-23-10-3-1-8-21(23)22-9-2-4-11-24(22)25/h1-4,8-13,15,25H,6,14,16-17,28H2,(H,29,30). The molecule has 0 fully saturated rings. The van der Waals surface area contributed by atoms with Gasteiger partial charge in [0.05, 0.1) is 0 Å². The van der Waals surface area contributed by atoms with Gasteiger partial charge >= 0.3 is 6.09 Å². The van der Waals surface area contributed by atoms with Crippen molar-refractivity contribution in [2.24, 2.45) is 5.73 Å². The molecular weight excluding hydrogens is 391 g/mol. The maximum Gasteiger partial charge on any atom is 0.407 e. The molecule has 3 aromatic rings. The van der Waals surface area contributed by atoms with Crippen LogP contribution in [0.15, 0.2) is 66.7 Å². The van der Waals surface area contributed by atoms with Gasteiger partial charge in [0.2, 0.25) is 0 Å². The van der Waals surface area contributed by atoms with Crippen molar-refractivity contribution in [2.75, 3.05) is 13.2 Å². The van der Waals surface area contributed by atoms with E-state index in [1.807, 2.05) is 24.3 Å². The first kappa shape index (κ1) is 20.6. The van der Waals surface area contributed by atoms with E-state index in [0.717, 1.165) is 5.56 Å². The number of hydrogen-bond donors (Lipinski definition) is 2. The van der Waals surface area contributed by atoms with Crippen LogP contribution in [0.25, 0.3) is 11.1 Å². The monoisotopic (exact) mass is 414 g/mol. The molecule has 0 saturated carbocycles. The number of hydrogen-bond acceptors (Lipinski definition) is 3. The Bertz CT molecular complexity index is 1120. The van der Waals surface area contributed by atoms with Crippen LogP contribution in [-0.4, -0.2) is 19.2 Å². The number of nitrogens with two attached hydrogens (primary N) is 1. The van der Waals surface area contributed by atoms with Crippen LogP contribution >= 0.6 is 0 Å². The van der Waals surface area contributed by atoms with Crippen LogP contribution in [0.1, 0.15) is 34.6 Å². The van der Waals surface area contributed by atoms with Crippen molar-refractivity contribution < 1.29 is 13.9 Å². The summed E-state index contributed by atoms with van der Waals surface area (Å²) in [6.07, 6.45) is -0.0536. The number of amides is 1. The molecule has 156 valence electrons. The second kappa shape index (κ2) is 9.46. The fraction of sp³-hybridized carbons (Fsp3) is 0.192. The van der Waals surface area contributed by atoms with Gasteiger partial charge in [-0.3, -0.25) is 0 Å². The number of nitrogens with one attached hydrogen (secondary N) is 1. The van der Waals surface area contributed by atoms with Crippen LogP contribution in [0.3, 0.4) is 0 Å². The molecule has 0 bridgehead atoms. The molecule has 0 aliphatic heterocycles. The largest absolute Gasteiger partial charge is 0.449 e. The minimum absolute atomic E-state index is 0.0283. The Balaban J connectivity index is 1.30. The molecule has 0 atom stereocenters. The lowest BCUT2D eigenvalue weighted by atomic mass is 9.98. The summed E-state index contributed by atoms with van der Waals surface area (Å²) in [4.78, 5) is 12.2. The van der Waals surface area contributed by atoms with Gasteiger partial charge in [0.1, 0.15) is 12.4 Å². The lowest BCUT2D eigenvalue weighted by molar-refractivity contribution is 0.143. The molecule has 5 heteroatoms. The number of alkyl carbamates (subject to hydrolysis) is 1. The third kappa shape index (κ3) is 4.60. The van der Waals surface area contributed by atoms with Gasteiger partial charge in [-0.2, -0.15) is 0 Å². The predicted molar refractivity (Wildman–Crippen MR) is 119 cm³/mol. The Morgan fingerprint density at radius 1 is 1.03 bits per heavy atom. The minimum atomic E-state index is -0.475. The van der Waals surface area contributed by atoms with Crippen molar-refractivity contribution in [3.8, 4) is 23.0 Å². The van der Waals surface area contributed by atoms with Gasteiger partial charge < -0.3 is 15.8 Å². The molecule has 1 aliphatic rings. The average Bonchev–Trinajstić information content (AvgIpc) is 3.11. The molecule has 4 rings (SSSR count). The van der Waals surface area contributed by atoms with Gasteiger partial charge in [0, 0.05) is 31.0 Å². The Kier molecular flexibility index (Phi) is 6.30. The third-order valence-corrected chi connectivity index (χ3v) is 5.38. The lowest BCUT2D eigenvalue weighted by Crippen LogP contribution is -2.26. The highest BCUT2D eigenvalue weighted by atomic mass is 19.1. The SMILES string of the molecule is NCc1ccc(F)cc1C#CCCNC(=O)OCC1c2ccccc2-c2ccccc21. The number of halogens is 1. The van der Waals surface area contributed by atoms with E-state index in [-0.39, 0.29) is 18.3 Å². The fourth-order valence-corrected chi connectivity index (χ4v) is 3.88. The van der Waals surface area contributed by atoms with Crippen molar-refractivity contribution in [1.82, 2.24) is 5.32 Å². The molecule has 0 heterocycles. The van der Waals surface area contributed by atoms with Crippen LogP contribution in [0.4, 0.5) is 9.18 Å². The Labute approximate surface area is 181 Å². The molecule has 3 aromatic carbocycles. The molecule has 31 heavy (non-hydrogen) atoms. The first-order valence-electron chi connectivity index (χ1n) is 10.2. The fourth-order valence-electron chi connectivity index (χ4n) is 3.88. The maximum absolute atomic E-state index is 13.4. The molecule has 0 spiro atoms. The molecular formula is C26H23FN2O2. The second-order valence-electron chi connectivity index (χ2n) is 7.31. The number of benzene rings is 3. The third-order valence-electron chi connectivity index (χ3n) is 5.38. The van der Waals surface area contributed by atoms with Crippen LogP contribution < -0.4 is 11.1 Å². The van der Waals surface area contributed by atoms with Crippen LogP contribution in [0, 0.1) is 17.7 Å². The zero-order chi connectivity index (χ0) is 21.6. The summed E-state index contributed by atoms with van der Waals surface area (Å²) in [7, 11) is 0. The zero-order valence-electron chi connectivity index (χ0n) is 17.0. The van der Waals surface area contributed by atoms with E-state index >= 15 is 0 Å². The quantitative estimate of drug-likeness (QED) is 0.475. The molecule has 3 N–H and O–H groups in total. The number of fused-ring (bicyclic) bond motifs is 3. The van der Waals surface area contributed by atoms with Gasteiger partial charge in [0.25, 0.3) is 0 Å². The molecule has 4 nitrogen and oxygen atoms in total. The van der Waals surface area contributed by atoms with Crippen LogP contribution in [0.2, 0.25) is 0 Å². The van der Waals surface area contributed by atoms with Crippen molar-refractivity contribution >= 4 is 6.09 Å². The summed E-state index contributed by atoms with van der Waals surface area (Å²) in [5.74, 6) is 5.53. The first-order chi connectivity index (χ1) is 15.2. The number of rotatable bonds is 5. The van der Waals surface area contributed by atoms with E-state index < -0.39 is 6.09 Å². The Morgan fingerprint density at radius 2 is 1.71 bits per heavy atom. The van der Waals surface area contributed by atoms with Gasteiger partial charge in [-0.15, -0.1) is 0 Å². The topological polar surface area (TPSA) is 64.3 Å². The maximum atomic E-state index is 13.4. The van der Waals surface area contributed by atoms with Crippen molar-refractivity contribution in [2.45, 2.75) is 18.9 Å². The number of carbonyl (C=O) groups excluding carboxylic acids is 1. The van der Waals surface area contributed by atoms with E-state index in [2.05, 4.69) is 41.4 Å². The van der Waals surface area contributed by atoms with Crippen LogP contribution in [0.5, 0.6) is 0 Å².